The third kappa shape index (κ3) is 2.33. The first-order valence-electron chi connectivity index (χ1n) is 6.42. The number of rotatable bonds is 2. The summed E-state index contributed by atoms with van der Waals surface area (Å²) in [7, 11) is 0. The first-order valence-corrected chi connectivity index (χ1v) is 7.22. The molecule has 1 aromatic heterocycles. The van der Waals surface area contributed by atoms with Gasteiger partial charge in [0.2, 0.25) is 0 Å². The SMILES string of the molecule is Cc1cc(C)c(O)c(C2=NNC(c3ccc(Br)o3)C2)c1. The molecule has 2 heterocycles. The van der Waals surface area contributed by atoms with E-state index in [0.29, 0.717) is 16.8 Å². The predicted octanol–water partition coefficient (Wildman–Crippen LogP) is 3.80. The number of hydrazone groups is 1. The van der Waals surface area contributed by atoms with Crippen molar-refractivity contribution < 1.29 is 9.52 Å². The number of hydrogen-bond donors (Lipinski definition) is 2. The molecule has 0 saturated heterocycles. The molecule has 0 amide bonds. The molecule has 104 valence electrons. The van der Waals surface area contributed by atoms with Crippen molar-refractivity contribution in [2.75, 3.05) is 0 Å². The van der Waals surface area contributed by atoms with Gasteiger partial charge in [-0.3, -0.25) is 5.43 Å². The number of benzene rings is 1. The van der Waals surface area contributed by atoms with E-state index in [9.17, 15) is 5.11 Å². The van der Waals surface area contributed by atoms with E-state index in [-0.39, 0.29) is 6.04 Å². The molecule has 2 N–H and O–H groups in total. The number of nitrogens with zero attached hydrogens (tertiary/aromatic N) is 1. The monoisotopic (exact) mass is 334 g/mol. The second-order valence-corrected chi connectivity index (χ2v) is 5.85. The molecule has 20 heavy (non-hydrogen) atoms. The summed E-state index contributed by atoms with van der Waals surface area (Å²) in [6.07, 6.45) is 0.691. The fraction of sp³-hybridized carbons (Fsp3) is 0.267. The van der Waals surface area contributed by atoms with Crippen LogP contribution in [0.25, 0.3) is 0 Å². The van der Waals surface area contributed by atoms with Crippen molar-refractivity contribution in [2.45, 2.75) is 26.3 Å². The quantitative estimate of drug-likeness (QED) is 0.878. The standard InChI is InChI=1S/C15H15BrN2O2/c1-8-5-9(2)15(19)10(6-8)11-7-12(18-17-11)13-3-4-14(16)20-13/h3-6,12,18-19H,7H2,1-2H3. The Morgan fingerprint density at radius 1 is 1.35 bits per heavy atom. The number of phenols is 1. The Morgan fingerprint density at radius 3 is 2.85 bits per heavy atom. The van der Waals surface area contributed by atoms with Crippen LogP contribution in [0, 0.1) is 13.8 Å². The van der Waals surface area contributed by atoms with Crippen molar-refractivity contribution in [3.63, 3.8) is 0 Å². The largest absolute Gasteiger partial charge is 0.507 e. The lowest BCUT2D eigenvalue weighted by molar-refractivity contribution is 0.426. The zero-order valence-corrected chi connectivity index (χ0v) is 12.9. The van der Waals surface area contributed by atoms with Crippen LogP contribution in [-0.2, 0) is 0 Å². The smallest absolute Gasteiger partial charge is 0.169 e. The number of furan rings is 1. The maximum absolute atomic E-state index is 10.2. The molecule has 4 nitrogen and oxygen atoms in total. The van der Waals surface area contributed by atoms with Crippen LogP contribution in [0.3, 0.4) is 0 Å². The number of halogens is 1. The van der Waals surface area contributed by atoms with E-state index in [1.54, 1.807) is 0 Å². The van der Waals surface area contributed by atoms with E-state index in [1.165, 1.54) is 0 Å². The summed E-state index contributed by atoms with van der Waals surface area (Å²) >= 11 is 3.30. The molecule has 1 unspecified atom stereocenters. The summed E-state index contributed by atoms with van der Waals surface area (Å²) in [6, 6.07) is 7.72. The molecule has 0 fully saturated rings. The maximum Gasteiger partial charge on any atom is 0.169 e. The van der Waals surface area contributed by atoms with Gasteiger partial charge < -0.3 is 9.52 Å². The van der Waals surface area contributed by atoms with Gasteiger partial charge >= 0.3 is 0 Å². The molecule has 0 bridgehead atoms. The first-order chi connectivity index (χ1) is 9.54. The molecule has 0 saturated carbocycles. The van der Waals surface area contributed by atoms with Crippen LogP contribution in [-0.4, -0.2) is 10.8 Å². The van der Waals surface area contributed by atoms with Gasteiger partial charge in [0.1, 0.15) is 17.6 Å². The normalized spacial score (nSPS) is 17.9. The molecule has 0 aliphatic carbocycles. The van der Waals surface area contributed by atoms with Gasteiger partial charge in [-0.2, -0.15) is 5.10 Å². The summed E-state index contributed by atoms with van der Waals surface area (Å²) < 4.78 is 6.25. The molecule has 2 aromatic rings. The summed E-state index contributed by atoms with van der Waals surface area (Å²) in [4.78, 5) is 0. The zero-order chi connectivity index (χ0) is 14.3. The Kier molecular flexibility index (Phi) is 3.30. The van der Waals surface area contributed by atoms with Crippen LogP contribution in [0.4, 0.5) is 0 Å². The van der Waals surface area contributed by atoms with Gasteiger partial charge in [-0.15, -0.1) is 0 Å². The van der Waals surface area contributed by atoms with Crippen molar-refractivity contribution in [1.82, 2.24) is 5.43 Å². The highest BCUT2D eigenvalue weighted by molar-refractivity contribution is 9.10. The van der Waals surface area contributed by atoms with E-state index < -0.39 is 0 Å². The average molecular weight is 335 g/mol. The average Bonchev–Trinajstić information content (AvgIpc) is 3.02. The lowest BCUT2D eigenvalue weighted by atomic mass is 9.98. The van der Waals surface area contributed by atoms with Crippen LogP contribution in [0.5, 0.6) is 5.75 Å². The first kappa shape index (κ1) is 13.2. The number of aryl methyl sites for hydroxylation is 2. The van der Waals surface area contributed by atoms with E-state index in [2.05, 4.69) is 26.5 Å². The van der Waals surface area contributed by atoms with Gasteiger partial charge in [-0.25, -0.2) is 0 Å². The Balaban J connectivity index is 1.87. The molecule has 5 heteroatoms. The third-order valence-electron chi connectivity index (χ3n) is 3.45. The van der Waals surface area contributed by atoms with Gasteiger partial charge in [0.05, 0.1) is 5.71 Å². The minimum absolute atomic E-state index is 0.0107. The van der Waals surface area contributed by atoms with Crippen molar-refractivity contribution in [3.8, 4) is 5.75 Å². The second kappa shape index (κ2) is 4.98. The van der Waals surface area contributed by atoms with E-state index in [0.717, 1.165) is 28.2 Å². The highest BCUT2D eigenvalue weighted by atomic mass is 79.9. The van der Waals surface area contributed by atoms with Crippen molar-refractivity contribution in [1.29, 1.82) is 0 Å². The molecule has 1 aliphatic heterocycles. The number of phenolic OH excluding ortho intramolecular Hbond substituents is 1. The van der Waals surface area contributed by atoms with Crippen LogP contribution in [0.15, 0.2) is 38.5 Å². The van der Waals surface area contributed by atoms with Gasteiger partial charge in [-0.05, 0) is 59.1 Å². The van der Waals surface area contributed by atoms with Crippen LogP contribution < -0.4 is 5.43 Å². The van der Waals surface area contributed by atoms with E-state index >= 15 is 0 Å². The minimum Gasteiger partial charge on any atom is -0.507 e. The molecule has 0 radical (unpaired) electrons. The summed E-state index contributed by atoms with van der Waals surface area (Å²) in [5, 5.41) is 14.6. The molecular weight excluding hydrogens is 320 g/mol. The molecule has 1 aliphatic rings. The van der Waals surface area contributed by atoms with Gasteiger partial charge in [0.15, 0.2) is 4.67 Å². The molecule has 3 rings (SSSR count). The van der Waals surface area contributed by atoms with Crippen LogP contribution in [0.2, 0.25) is 0 Å². The lowest BCUT2D eigenvalue weighted by Gasteiger charge is -2.09. The van der Waals surface area contributed by atoms with Crippen molar-refractivity contribution >= 4 is 21.6 Å². The summed E-state index contributed by atoms with van der Waals surface area (Å²) in [5.41, 5.74) is 6.69. The number of hydrogen-bond acceptors (Lipinski definition) is 4. The highest BCUT2D eigenvalue weighted by Crippen LogP contribution is 2.32. The Labute approximate surface area is 125 Å². The zero-order valence-electron chi connectivity index (χ0n) is 11.3. The van der Waals surface area contributed by atoms with Gasteiger partial charge in [0.25, 0.3) is 0 Å². The topological polar surface area (TPSA) is 57.8 Å². The summed E-state index contributed by atoms with van der Waals surface area (Å²) in [6.45, 7) is 3.91. The Bertz CT molecular complexity index is 691. The molecule has 1 atom stereocenters. The fourth-order valence-electron chi connectivity index (χ4n) is 2.47. The van der Waals surface area contributed by atoms with Crippen LogP contribution in [0.1, 0.15) is 34.9 Å². The highest BCUT2D eigenvalue weighted by Gasteiger charge is 2.25. The Hall–Kier alpha value is -1.75. The van der Waals surface area contributed by atoms with Crippen LogP contribution >= 0.6 is 15.9 Å². The molecular formula is C15H15BrN2O2. The number of nitrogens with one attached hydrogen (secondary N) is 1. The van der Waals surface area contributed by atoms with Crippen molar-refractivity contribution in [2.24, 2.45) is 5.10 Å². The number of aromatic hydroxyl groups is 1. The second-order valence-electron chi connectivity index (χ2n) is 5.06. The molecule has 0 spiro atoms. The fourth-order valence-corrected chi connectivity index (χ4v) is 2.79. The summed E-state index contributed by atoms with van der Waals surface area (Å²) in [5.74, 6) is 1.14. The van der Waals surface area contributed by atoms with Gasteiger partial charge in [-0.1, -0.05) is 6.07 Å². The maximum atomic E-state index is 10.2. The van der Waals surface area contributed by atoms with E-state index in [4.69, 9.17) is 4.42 Å². The third-order valence-corrected chi connectivity index (χ3v) is 3.87. The minimum atomic E-state index is 0.0107. The van der Waals surface area contributed by atoms with Crippen molar-refractivity contribution in [3.05, 3.63) is 51.4 Å². The van der Waals surface area contributed by atoms with Gasteiger partial charge in [0, 0.05) is 12.0 Å². The Morgan fingerprint density at radius 2 is 2.15 bits per heavy atom. The van der Waals surface area contributed by atoms with E-state index in [1.807, 2.05) is 38.1 Å². The lowest BCUT2D eigenvalue weighted by Crippen LogP contribution is -2.08. The molecule has 1 aromatic carbocycles. The predicted molar refractivity (Wildman–Crippen MR) is 81.0 cm³/mol.